The van der Waals surface area contributed by atoms with Crippen molar-refractivity contribution in [1.29, 1.82) is 0 Å². The highest BCUT2D eigenvalue weighted by Crippen LogP contribution is 2.46. The van der Waals surface area contributed by atoms with Gasteiger partial charge >= 0.3 is 0 Å². The Morgan fingerprint density at radius 2 is 2.05 bits per heavy atom. The quantitative estimate of drug-likeness (QED) is 0.588. The lowest BCUT2D eigenvalue weighted by molar-refractivity contribution is -0.620. The lowest BCUT2D eigenvalue weighted by Gasteiger charge is -2.45. The van der Waals surface area contributed by atoms with Crippen LogP contribution in [0.1, 0.15) is 12.8 Å². The van der Waals surface area contributed by atoms with Gasteiger partial charge in [-0.1, -0.05) is 6.08 Å². The van der Waals surface area contributed by atoms with E-state index in [-0.39, 0.29) is 39.1 Å². The van der Waals surface area contributed by atoms with E-state index in [4.69, 9.17) is 5.11 Å². The van der Waals surface area contributed by atoms with Crippen molar-refractivity contribution in [1.82, 2.24) is 4.90 Å². The Labute approximate surface area is 117 Å². The number of halogens is 1. The van der Waals surface area contributed by atoms with Crippen molar-refractivity contribution in [2.45, 2.75) is 23.9 Å². The van der Waals surface area contributed by atoms with E-state index in [1.165, 1.54) is 0 Å². The van der Waals surface area contributed by atoms with Crippen molar-refractivity contribution in [2.75, 3.05) is 26.2 Å². The second kappa shape index (κ2) is 4.80. The lowest BCUT2D eigenvalue weighted by Crippen LogP contribution is -2.67. The number of aliphatic hydroxyl groups excluding tert-OH is 1. The third-order valence-corrected chi connectivity index (χ3v) is 4.95. The zero-order chi connectivity index (χ0) is 14.3. The molecule has 0 aromatic rings. The van der Waals surface area contributed by atoms with E-state index in [2.05, 4.69) is 15.9 Å². The maximum absolute atomic E-state index is 11.4. The molecule has 2 bridgehead atoms. The maximum atomic E-state index is 11.4. The number of nitro groups is 2. The summed E-state index contributed by atoms with van der Waals surface area (Å²) in [7, 11) is 0. The molecule has 1 aliphatic carbocycles. The molecule has 9 heteroatoms. The van der Waals surface area contributed by atoms with Crippen molar-refractivity contribution >= 4 is 15.9 Å². The van der Waals surface area contributed by atoms with Gasteiger partial charge in [0.1, 0.15) is 0 Å². The zero-order valence-corrected chi connectivity index (χ0v) is 11.7. The zero-order valence-electron chi connectivity index (χ0n) is 10.1. The van der Waals surface area contributed by atoms with Crippen molar-refractivity contribution < 1.29 is 15.0 Å². The third-order valence-electron chi connectivity index (χ3n) is 3.88. The summed E-state index contributed by atoms with van der Waals surface area (Å²) in [6.07, 6.45) is 1.60. The SMILES string of the molecule is O=[N+]([O-])[C@]12CC=C(Br)[C@]([N+](=O)[O-])(CN(CCO)C1)C2. The van der Waals surface area contributed by atoms with Crippen LogP contribution in [0.4, 0.5) is 0 Å². The fourth-order valence-corrected chi connectivity index (χ4v) is 3.54. The van der Waals surface area contributed by atoms with E-state index >= 15 is 0 Å². The first-order valence-electron chi connectivity index (χ1n) is 5.85. The molecule has 1 aliphatic heterocycles. The lowest BCUT2D eigenvalue weighted by atomic mass is 9.72. The molecule has 19 heavy (non-hydrogen) atoms. The molecule has 2 atom stereocenters. The van der Waals surface area contributed by atoms with Crippen LogP contribution >= 0.6 is 15.9 Å². The van der Waals surface area contributed by atoms with Crippen LogP contribution in [0, 0.1) is 20.2 Å². The van der Waals surface area contributed by atoms with E-state index < -0.39 is 20.9 Å². The topological polar surface area (TPSA) is 110 Å². The average Bonchev–Trinajstić information content (AvgIpc) is 2.34. The van der Waals surface area contributed by atoms with Crippen molar-refractivity contribution in [3.05, 3.63) is 30.8 Å². The highest BCUT2D eigenvalue weighted by molar-refractivity contribution is 9.11. The monoisotopic (exact) mass is 335 g/mol. The van der Waals surface area contributed by atoms with Crippen LogP contribution in [-0.4, -0.2) is 57.2 Å². The Morgan fingerprint density at radius 1 is 1.37 bits per heavy atom. The van der Waals surface area contributed by atoms with Gasteiger partial charge in [0.15, 0.2) is 0 Å². The minimum atomic E-state index is -1.47. The summed E-state index contributed by atoms with van der Waals surface area (Å²) < 4.78 is 0.394. The fourth-order valence-electron chi connectivity index (χ4n) is 2.97. The second-order valence-corrected chi connectivity index (χ2v) is 5.99. The molecule has 2 aliphatic rings. The molecule has 0 spiro atoms. The molecular formula is C10H14BrN3O5. The van der Waals surface area contributed by atoms with Gasteiger partial charge in [0.05, 0.1) is 30.6 Å². The van der Waals surface area contributed by atoms with Crippen LogP contribution in [0.3, 0.4) is 0 Å². The first kappa shape index (κ1) is 14.4. The van der Waals surface area contributed by atoms with E-state index in [9.17, 15) is 20.2 Å². The normalized spacial score (nSPS) is 34.7. The summed E-state index contributed by atoms with van der Waals surface area (Å²) in [4.78, 5) is 23.5. The molecule has 0 amide bonds. The predicted octanol–water partition coefficient (Wildman–Crippen LogP) is 0.398. The smallest absolute Gasteiger partial charge is 0.272 e. The van der Waals surface area contributed by atoms with E-state index in [0.717, 1.165) is 0 Å². The Kier molecular flexibility index (Phi) is 3.63. The number of aliphatic hydroxyl groups is 1. The minimum absolute atomic E-state index is 0.0766. The van der Waals surface area contributed by atoms with Crippen LogP contribution in [-0.2, 0) is 0 Å². The number of hydrogen-bond acceptors (Lipinski definition) is 6. The highest BCUT2D eigenvalue weighted by atomic mass is 79.9. The van der Waals surface area contributed by atoms with Gasteiger partial charge in [-0.2, -0.15) is 0 Å². The summed E-state index contributed by atoms with van der Waals surface area (Å²) >= 11 is 3.19. The van der Waals surface area contributed by atoms with Gasteiger partial charge in [0.25, 0.3) is 5.54 Å². The molecular weight excluding hydrogens is 322 g/mol. The van der Waals surface area contributed by atoms with Crippen molar-refractivity contribution in [3.63, 3.8) is 0 Å². The number of nitrogens with zero attached hydrogens (tertiary/aromatic N) is 3. The maximum Gasteiger partial charge on any atom is 0.272 e. The average molecular weight is 336 g/mol. The molecule has 0 aromatic heterocycles. The van der Waals surface area contributed by atoms with E-state index in [0.29, 0.717) is 4.48 Å². The van der Waals surface area contributed by atoms with Crippen molar-refractivity contribution in [3.8, 4) is 0 Å². The Balaban J connectivity index is 2.46. The minimum Gasteiger partial charge on any atom is -0.395 e. The van der Waals surface area contributed by atoms with Gasteiger partial charge in [-0.05, 0) is 15.9 Å². The molecule has 1 fully saturated rings. The van der Waals surface area contributed by atoms with Crippen LogP contribution in [0.2, 0.25) is 0 Å². The van der Waals surface area contributed by atoms with E-state index in [1.807, 2.05) is 0 Å². The predicted molar refractivity (Wildman–Crippen MR) is 69.2 cm³/mol. The summed E-state index contributed by atoms with van der Waals surface area (Å²) in [6.45, 7) is 0.231. The molecule has 0 aromatic carbocycles. The number of fused-ring (bicyclic) bond motifs is 2. The van der Waals surface area contributed by atoms with E-state index in [1.54, 1.807) is 11.0 Å². The molecule has 1 N–H and O–H groups in total. The summed E-state index contributed by atoms with van der Waals surface area (Å²) in [5.41, 5.74) is -2.81. The molecule has 0 saturated carbocycles. The Hall–Kier alpha value is -1.06. The number of hydrogen-bond donors (Lipinski definition) is 1. The molecule has 0 unspecified atom stereocenters. The first-order valence-corrected chi connectivity index (χ1v) is 6.64. The molecule has 2 rings (SSSR count). The number of likely N-dealkylation sites (tertiary alicyclic amines) is 1. The Bertz CT molecular complexity index is 456. The summed E-state index contributed by atoms with van der Waals surface area (Å²) in [6, 6.07) is 0. The summed E-state index contributed by atoms with van der Waals surface area (Å²) in [5.74, 6) is 0. The molecule has 106 valence electrons. The second-order valence-electron chi connectivity index (χ2n) is 5.14. The highest BCUT2D eigenvalue weighted by Gasteiger charge is 2.65. The third kappa shape index (κ3) is 2.15. The molecule has 1 saturated heterocycles. The fraction of sp³-hybridized carbons (Fsp3) is 0.800. The van der Waals surface area contributed by atoms with Gasteiger partial charge in [0.2, 0.25) is 5.54 Å². The van der Waals surface area contributed by atoms with Crippen LogP contribution in [0.15, 0.2) is 10.6 Å². The molecule has 1 heterocycles. The van der Waals surface area contributed by atoms with Gasteiger partial charge in [-0.15, -0.1) is 0 Å². The molecule has 0 radical (unpaired) electrons. The van der Waals surface area contributed by atoms with Crippen molar-refractivity contribution in [2.24, 2.45) is 0 Å². The van der Waals surface area contributed by atoms with Gasteiger partial charge in [-0.25, -0.2) is 0 Å². The Morgan fingerprint density at radius 3 is 2.58 bits per heavy atom. The van der Waals surface area contributed by atoms with Gasteiger partial charge < -0.3 is 5.11 Å². The first-order chi connectivity index (χ1) is 8.86. The number of β-amino-alcohol motifs (C(OH)–C–C–N with tert-alkyl or cyclic N) is 1. The number of piperidine rings is 1. The van der Waals surface area contributed by atoms with Crippen LogP contribution in [0.25, 0.3) is 0 Å². The largest absolute Gasteiger partial charge is 0.395 e. The van der Waals surface area contributed by atoms with Gasteiger partial charge in [0, 0.05) is 22.8 Å². The standard InChI is InChI=1S/C10H14BrN3O5/c11-8-1-2-9(13(16)17)5-10(8,14(18)19)7-12(6-9)3-4-15/h1,15H,2-7H2/t9-,10+/m0/s1. The van der Waals surface area contributed by atoms with Crippen LogP contribution in [0.5, 0.6) is 0 Å². The summed E-state index contributed by atoms with van der Waals surface area (Å²) in [5, 5.41) is 31.8. The van der Waals surface area contributed by atoms with Gasteiger partial charge in [-0.3, -0.25) is 25.1 Å². The number of rotatable bonds is 4. The molecule has 8 nitrogen and oxygen atoms in total. The van der Waals surface area contributed by atoms with Crippen LogP contribution < -0.4 is 0 Å².